The fraction of sp³-hybridized carbons (Fsp3) is 0.423. The van der Waals surface area contributed by atoms with E-state index in [1.54, 1.807) is 19.9 Å². The van der Waals surface area contributed by atoms with Crippen LogP contribution in [-0.2, 0) is 27.3 Å². The molecule has 13 heteroatoms. The van der Waals surface area contributed by atoms with Gasteiger partial charge in [0.2, 0.25) is 5.91 Å². The SMILES string of the molecule is CC(C)C(Nc1ccc(CNC(=O)[C@@H]2SCCN2C(=O)C[C@H](N)Cc2cc(F)c(F)cc2F)cc1F)C(=O)O. The fourth-order valence-corrected chi connectivity index (χ4v) is 5.27. The van der Waals surface area contributed by atoms with Crippen molar-refractivity contribution in [1.82, 2.24) is 10.2 Å². The molecule has 3 atom stereocenters. The lowest BCUT2D eigenvalue weighted by atomic mass is 10.0. The van der Waals surface area contributed by atoms with Crippen molar-refractivity contribution < 1.29 is 37.1 Å². The Balaban J connectivity index is 1.56. The Kier molecular flexibility index (Phi) is 10.2. The summed E-state index contributed by atoms with van der Waals surface area (Å²) in [5, 5.41) is 13.8. The molecule has 1 unspecified atom stereocenters. The highest BCUT2D eigenvalue weighted by Gasteiger charge is 2.35. The summed E-state index contributed by atoms with van der Waals surface area (Å²) in [7, 11) is 0. The highest BCUT2D eigenvalue weighted by atomic mass is 32.2. The standard InChI is InChI=1S/C26H30F4N4O4S/c1-13(2)23(26(37)38)33-21-4-3-14(7-20(21)30)12-32-24(36)25-34(5-6-39-25)22(35)10-16(31)8-15-9-18(28)19(29)11-17(15)27/h3-4,7,9,11,13,16,23,25,33H,5-6,8,10,12,31H2,1-2H3,(H,32,36)(H,37,38)/t16-,23?,25+/m1/s1. The maximum Gasteiger partial charge on any atom is 0.326 e. The lowest BCUT2D eigenvalue weighted by Gasteiger charge is -2.24. The molecule has 8 nitrogen and oxygen atoms in total. The molecule has 39 heavy (non-hydrogen) atoms. The Hall–Kier alpha value is -3.32. The molecule has 1 aliphatic heterocycles. The van der Waals surface area contributed by atoms with Crippen LogP contribution in [0.15, 0.2) is 30.3 Å². The van der Waals surface area contributed by atoms with Gasteiger partial charge in [-0.15, -0.1) is 11.8 Å². The third-order valence-corrected chi connectivity index (χ3v) is 7.39. The molecule has 0 aromatic heterocycles. The van der Waals surface area contributed by atoms with Crippen molar-refractivity contribution in [3.63, 3.8) is 0 Å². The number of nitrogens with zero attached hydrogens (tertiary/aromatic N) is 1. The van der Waals surface area contributed by atoms with Crippen molar-refractivity contribution >= 4 is 35.2 Å². The molecule has 2 aromatic rings. The number of carboxylic acids is 1. The molecule has 2 amide bonds. The number of anilines is 1. The summed E-state index contributed by atoms with van der Waals surface area (Å²) in [6, 6.07) is 3.39. The van der Waals surface area contributed by atoms with Gasteiger partial charge in [-0.05, 0) is 41.7 Å². The number of halogens is 4. The van der Waals surface area contributed by atoms with Gasteiger partial charge in [0.05, 0.1) is 5.69 Å². The van der Waals surface area contributed by atoms with Gasteiger partial charge in [-0.1, -0.05) is 19.9 Å². The summed E-state index contributed by atoms with van der Waals surface area (Å²) >= 11 is 1.24. The summed E-state index contributed by atoms with van der Waals surface area (Å²) in [4.78, 5) is 38.4. The van der Waals surface area contributed by atoms with E-state index in [1.807, 2.05) is 0 Å². The van der Waals surface area contributed by atoms with Gasteiger partial charge in [0.15, 0.2) is 17.0 Å². The topological polar surface area (TPSA) is 125 Å². The van der Waals surface area contributed by atoms with Gasteiger partial charge in [0, 0.05) is 37.4 Å². The Labute approximate surface area is 227 Å². The second-order valence-corrected chi connectivity index (χ2v) is 10.8. The van der Waals surface area contributed by atoms with Gasteiger partial charge in [-0.2, -0.15) is 0 Å². The van der Waals surface area contributed by atoms with E-state index in [9.17, 15) is 37.1 Å². The summed E-state index contributed by atoms with van der Waals surface area (Å²) < 4.78 is 55.1. The third kappa shape index (κ3) is 7.85. The molecule has 1 fully saturated rings. The normalized spacial score (nSPS) is 16.7. The minimum absolute atomic E-state index is 0.0221. The molecule has 1 heterocycles. The number of benzene rings is 2. The Morgan fingerprint density at radius 3 is 2.41 bits per heavy atom. The maximum atomic E-state index is 14.6. The van der Waals surface area contributed by atoms with Crippen LogP contribution >= 0.6 is 11.8 Å². The number of nitrogens with one attached hydrogen (secondary N) is 2. The maximum absolute atomic E-state index is 14.6. The molecule has 5 N–H and O–H groups in total. The van der Waals surface area contributed by atoms with Crippen LogP contribution in [0.2, 0.25) is 0 Å². The molecular formula is C26H30F4N4O4S. The van der Waals surface area contributed by atoms with Gasteiger partial charge in [0.25, 0.3) is 5.91 Å². The van der Waals surface area contributed by atoms with Gasteiger partial charge < -0.3 is 26.4 Å². The average Bonchev–Trinajstić information content (AvgIpc) is 3.35. The number of amides is 2. The zero-order valence-electron chi connectivity index (χ0n) is 21.3. The summed E-state index contributed by atoms with van der Waals surface area (Å²) in [5.74, 6) is -6.00. The fourth-order valence-electron chi connectivity index (χ4n) is 4.10. The number of thioether (sulfide) groups is 1. The highest BCUT2D eigenvalue weighted by molar-refractivity contribution is 8.00. The van der Waals surface area contributed by atoms with E-state index in [2.05, 4.69) is 10.6 Å². The van der Waals surface area contributed by atoms with E-state index in [4.69, 9.17) is 5.73 Å². The first kappa shape index (κ1) is 30.2. The van der Waals surface area contributed by atoms with Gasteiger partial charge in [-0.25, -0.2) is 22.4 Å². The Bertz CT molecular complexity index is 1230. The molecule has 0 bridgehead atoms. The molecule has 1 aliphatic rings. The van der Waals surface area contributed by atoms with Crippen LogP contribution in [-0.4, -0.2) is 57.5 Å². The third-order valence-electron chi connectivity index (χ3n) is 6.19. The van der Waals surface area contributed by atoms with Crippen molar-refractivity contribution in [1.29, 1.82) is 0 Å². The number of hydrogen-bond donors (Lipinski definition) is 4. The minimum Gasteiger partial charge on any atom is -0.480 e. The molecule has 0 spiro atoms. The van der Waals surface area contributed by atoms with E-state index in [1.165, 1.54) is 28.8 Å². The van der Waals surface area contributed by atoms with Gasteiger partial charge in [0.1, 0.15) is 17.7 Å². The second kappa shape index (κ2) is 13.2. The van der Waals surface area contributed by atoms with Crippen LogP contribution in [0.25, 0.3) is 0 Å². The first-order valence-electron chi connectivity index (χ1n) is 12.2. The number of carboxylic acid groups (broad SMARTS) is 1. The van der Waals surface area contributed by atoms with Crippen LogP contribution in [0, 0.1) is 29.2 Å². The smallest absolute Gasteiger partial charge is 0.326 e. The zero-order valence-corrected chi connectivity index (χ0v) is 22.2. The molecule has 0 radical (unpaired) electrons. The summed E-state index contributed by atoms with van der Waals surface area (Å²) in [5.41, 5.74) is 6.26. The number of rotatable bonds is 11. The quantitative estimate of drug-likeness (QED) is 0.242. The molecule has 0 saturated carbocycles. The molecule has 2 aromatic carbocycles. The van der Waals surface area contributed by atoms with Gasteiger partial charge in [-0.3, -0.25) is 9.59 Å². The van der Waals surface area contributed by atoms with E-state index in [0.29, 0.717) is 23.4 Å². The highest BCUT2D eigenvalue weighted by Crippen LogP contribution is 2.26. The summed E-state index contributed by atoms with van der Waals surface area (Å²) in [6.45, 7) is 3.64. The molecular weight excluding hydrogens is 540 g/mol. The first-order chi connectivity index (χ1) is 18.4. The van der Waals surface area contributed by atoms with Crippen molar-refractivity contribution in [2.24, 2.45) is 11.7 Å². The largest absolute Gasteiger partial charge is 0.480 e. The van der Waals surface area contributed by atoms with E-state index < -0.39 is 58.5 Å². The number of carbonyl (C=O) groups excluding carboxylic acids is 2. The number of hydrogen-bond acceptors (Lipinski definition) is 6. The van der Waals surface area contributed by atoms with Crippen molar-refractivity contribution in [2.75, 3.05) is 17.6 Å². The van der Waals surface area contributed by atoms with E-state index in [0.717, 1.165) is 0 Å². The lowest BCUT2D eigenvalue weighted by molar-refractivity contribution is -0.138. The molecule has 3 rings (SSSR count). The average molecular weight is 571 g/mol. The van der Waals surface area contributed by atoms with Crippen LogP contribution in [0.3, 0.4) is 0 Å². The van der Waals surface area contributed by atoms with Crippen molar-refractivity contribution in [2.45, 2.75) is 50.7 Å². The number of carbonyl (C=O) groups is 3. The predicted molar refractivity (Wildman–Crippen MR) is 139 cm³/mol. The van der Waals surface area contributed by atoms with Crippen molar-refractivity contribution in [3.8, 4) is 0 Å². The predicted octanol–water partition coefficient (Wildman–Crippen LogP) is 3.24. The van der Waals surface area contributed by atoms with Crippen molar-refractivity contribution in [3.05, 3.63) is 64.7 Å². The lowest BCUT2D eigenvalue weighted by Crippen LogP contribution is -2.46. The molecule has 212 valence electrons. The number of aliphatic carboxylic acids is 1. The van der Waals surface area contributed by atoms with Gasteiger partial charge >= 0.3 is 5.97 Å². The van der Waals surface area contributed by atoms with Crippen LogP contribution in [0.1, 0.15) is 31.4 Å². The van der Waals surface area contributed by atoms with E-state index in [-0.39, 0.29) is 43.1 Å². The Morgan fingerprint density at radius 1 is 1.08 bits per heavy atom. The van der Waals surface area contributed by atoms with E-state index >= 15 is 0 Å². The van der Waals surface area contributed by atoms with Crippen LogP contribution < -0.4 is 16.4 Å². The Morgan fingerprint density at radius 2 is 1.77 bits per heavy atom. The minimum atomic E-state index is -1.32. The van der Waals surface area contributed by atoms with Crippen LogP contribution in [0.4, 0.5) is 23.2 Å². The second-order valence-electron chi connectivity index (χ2n) is 9.57. The number of nitrogens with two attached hydrogens (primary N) is 1. The summed E-state index contributed by atoms with van der Waals surface area (Å²) in [6.07, 6.45) is -0.441. The molecule has 1 saturated heterocycles. The molecule has 0 aliphatic carbocycles. The van der Waals surface area contributed by atoms with Crippen LogP contribution in [0.5, 0.6) is 0 Å². The zero-order chi connectivity index (χ0) is 28.9. The monoisotopic (exact) mass is 570 g/mol. The first-order valence-corrected chi connectivity index (χ1v) is 13.3.